The van der Waals surface area contributed by atoms with Crippen LogP contribution in [0.15, 0.2) is 36.0 Å². The third-order valence-corrected chi connectivity index (χ3v) is 2.68. The lowest BCUT2D eigenvalue weighted by Crippen LogP contribution is -2.17. The van der Waals surface area contributed by atoms with E-state index in [0.717, 1.165) is 16.9 Å². The molecule has 19 heavy (non-hydrogen) atoms. The minimum atomic E-state index is -0.278. The van der Waals surface area contributed by atoms with E-state index in [1.54, 1.807) is 20.3 Å². The third-order valence-electron chi connectivity index (χ3n) is 2.68. The van der Waals surface area contributed by atoms with E-state index in [1.165, 1.54) is 6.92 Å². The van der Waals surface area contributed by atoms with Crippen molar-refractivity contribution in [3.8, 4) is 0 Å². The molecule has 0 saturated heterocycles. The smallest absolute Gasteiger partial charge is 0.160 e. The van der Waals surface area contributed by atoms with Gasteiger partial charge >= 0.3 is 0 Å². The summed E-state index contributed by atoms with van der Waals surface area (Å²) < 4.78 is 10.4. The van der Waals surface area contributed by atoms with E-state index in [2.05, 4.69) is 5.32 Å². The fraction of sp³-hybridized carbons (Fsp3) is 0.400. The highest BCUT2D eigenvalue weighted by molar-refractivity contribution is 5.88. The molecule has 0 fully saturated rings. The average Bonchev–Trinajstić information content (AvgIpc) is 2.36. The molecule has 0 aromatic heterocycles. The first-order valence-electron chi connectivity index (χ1n) is 6.16. The number of rotatable bonds is 7. The Morgan fingerprint density at radius 1 is 1.26 bits per heavy atom. The number of carbonyl (C=O) groups excluding carboxylic acids is 1. The number of anilines is 1. The van der Waals surface area contributed by atoms with Crippen molar-refractivity contribution < 1.29 is 14.3 Å². The van der Waals surface area contributed by atoms with Crippen molar-refractivity contribution in [1.82, 2.24) is 0 Å². The number of allylic oxidation sites excluding steroid dienone is 2. The SMILES string of the molecule is COC(Cc1ccccc1N/C(C)=C/C(C)=O)OC. The summed E-state index contributed by atoms with van der Waals surface area (Å²) in [6.45, 7) is 3.39. The summed E-state index contributed by atoms with van der Waals surface area (Å²) in [5, 5.41) is 3.22. The van der Waals surface area contributed by atoms with Crippen molar-refractivity contribution >= 4 is 11.5 Å². The number of methoxy groups -OCH3 is 2. The monoisotopic (exact) mass is 263 g/mol. The quantitative estimate of drug-likeness (QED) is 0.607. The lowest BCUT2D eigenvalue weighted by Gasteiger charge is -2.17. The maximum atomic E-state index is 11.0. The van der Waals surface area contributed by atoms with Gasteiger partial charge in [-0.05, 0) is 31.6 Å². The number of hydrogen-bond donors (Lipinski definition) is 1. The molecule has 0 spiro atoms. The summed E-state index contributed by atoms with van der Waals surface area (Å²) in [6.07, 6.45) is 1.93. The normalized spacial score (nSPS) is 11.7. The van der Waals surface area contributed by atoms with Gasteiger partial charge in [-0.2, -0.15) is 0 Å². The molecule has 104 valence electrons. The van der Waals surface area contributed by atoms with Crippen LogP contribution < -0.4 is 5.32 Å². The van der Waals surface area contributed by atoms with Crippen molar-refractivity contribution in [2.45, 2.75) is 26.6 Å². The molecule has 0 atom stereocenters. The fourth-order valence-electron chi connectivity index (χ4n) is 1.82. The molecule has 0 saturated carbocycles. The van der Waals surface area contributed by atoms with E-state index in [9.17, 15) is 4.79 Å². The highest BCUT2D eigenvalue weighted by Crippen LogP contribution is 2.19. The van der Waals surface area contributed by atoms with Gasteiger partial charge in [-0.15, -0.1) is 0 Å². The molecule has 0 aliphatic rings. The van der Waals surface area contributed by atoms with E-state index in [0.29, 0.717) is 6.42 Å². The second kappa shape index (κ2) is 7.71. The standard InChI is InChI=1S/C15H21NO3/c1-11(9-12(2)17)16-14-8-6-5-7-13(14)10-15(18-3)19-4/h5-9,15-16H,10H2,1-4H3/b11-9+. The topological polar surface area (TPSA) is 47.6 Å². The number of nitrogens with one attached hydrogen (secondary N) is 1. The Morgan fingerprint density at radius 3 is 2.47 bits per heavy atom. The van der Waals surface area contributed by atoms with Gasteiger partial charge in [0.2, 0.25) is 0 Å². The number of ketones is 1. The second-order valence-electron chi connectivity index (χ2n) is 4.33. The summed E-state index contributed by atoms with van der Waals surface area (Å²) in [5.74, 6) is 0.0224. The molecule has 0 unspecified atom stereocenters. The van der Waals surface area contributed by atoms with Crippen LogP contribution in [0.5, 0.6) is 0 Å². The molecular weight excluding hydrogens is 242 g/mol. The van der Waals surface area contributed by atoms with Crippen LogP contribution in [0.1, 0.15) is 19.4 Å². The van der Waals surface area contributed by atoms with Crippen molar-refractivity contribution in [2.24, 2.45) is 0 Å². The van der Waals surface area contributed by atoms with Crippen LogP contribution in [0.2, 0.25) is 0 Å². The van der Waals surface area contributed by atoms with E-state index in [4.69, 9.17) is 9.47 Å². The highest BCUT2D eigenvalue weighted by atomic mass is 16.7. The molecule has 1 rings (SSSR count). The molecule has 0 amide bonds. The van der Waals surface area contributed by atoms with Gasteiger partial charge in [-0.25, -0.2) is 0 Å². The van der Waals surface area contributed by atoms with E-state index in [1.807, 2.05) is 31.2 Å². The number of carbonyl (C=O) groups is 1. The van der Waals surface area contributed by atoms with Gasteiger partial charge in [-0.1, -0.05) is 18.2 Å². The van der Waals surface area contributed by atoms with Crippen molar-refractivity contribution in [1.29, 1.82) is 0 Å². The molecule has 0 radical (unpaired) electrons. The summed E-state index contributed by atoms with van der Waals surface area (Å²) in [6, 6.07) is 7.89. The number of benzene rings is 1. The molecular formula is C15H21NO3. The highest BCUT2D eigenvalue weighted by Gasteiger charge is 2.10. The van der Waals surface area contributed by atoms with Gasteiger partial charge in [-0.3, -0.25) is 4.79 Å². The Morgan fingerprint density at radius 2 is 1.89 bits per heavy atom. The zero-order valence-electron chi connectivity index (χ0n) is 11.9. The van der Waals surface area contributed by atoms with E-state index >= 15 is 0 Å². The van der Waals surface area contributed by atoms with Gasteiger partial charge in [0.1, 0.15) is 0 Å². The Labute approximate surface area is 114 Å². The number of hydrogen-bond acceptors (Lipinski definition) is 4. The van der Waals surface area contributed by atoms with Crippen LogP contribution in [0.25, 0.3) is 0 Å². The lowest BCUT2D eigenvalue weighted by molar-refractivity contribution is -0.112. The number of para-hydroxylation sites is 1. The number of ether oxygens (including phenoxy) is 2. The third kappa shape index (κ3) is 5.24. The molecule has 0 aliphatic carbocycles. The van der Waals surface area contributed by atoms with Crippen molar-refractivity contribution in [3.05, 3.63) is 41.6 Å². The molecule has 0 heterocycles. The van der Waals surface area contributed by atoms with Gasteiger partial charge < -0.3 is 14.8 Å². The van der Waals surface area contributed by atoms with Gasteiger partial charge in [0.15, 0.2) is 12.1 Å². The van der Waals surface area contributed by atoms with Gasteiger partial charge in [0.05, 0.1) is 0 Å². The Kier molecular flexibility index (Phi) is 6.25. The Bertz CT molecular complexity index is 450. The van der Waals surface area contributed by atoms with E-state index < -0.39 is 0 Å². The predicted octanol–water partition coefficient (Wildman–Crippen LogP) is 2.75. The van der Waals surface area contributed by atoms with E-state index in [-0.39, 0.29) is 12.1 Å². The minimum absolute atomic E-state index is 0.0224. The first-order valence-corrected chi connectivity index (χ1v) is 6.16. The van der Waals surface area contributed by atoms with Crippen molar-refractivity contribution in [2.75, 3.05) is 19.5 Å². The largest absolute Gasteiger partial charge is 0.359 e. The predicted molar refractivity (Wildman–Crippen MR) is 76.0 cm³/mol. The van der Waals surface area contributed by atoms with Crippen LogP contribution in [-0.2, 0) is 20.7 Å². The zero-order chi connectivity index (χ0) is 14.3. The molecule has 1 aromatic rings. The van der Waals surface area contributed by atoms with Crippen LogP contribution in [0, 0.1) is 0 Å². The van der Waals surface area contributed by atoms with Crippen LogP contribution in [0.4, 0.5) is 5.69 Å². The maximum absolute atomic E-state index is 11.0. The molecule has 0 bridgehead atoms. The first kappa shape index (κ1) is 15.4. The van der Waals surface area contributed by atoms with Crippen LogP contribution in [-0.4, -0.2) is 26.3 Å². The fourth-order valence-corrected chi connectivity index (χ4v) is 1.82. The Balaban J connectivity index is 2.86. The minimum Gasteiger partial charge on any atom is -0.359 e. The molecule has 1 aromatic carbocycles. The Hall–Kier alpha value is -1.65. The van der Waals surface area contributed by atoms with Gasteiger partial charge in [0.25, 0.3) is 0 Å². The molecule has 1 N–H and O–H groups in total. The zero-order valence-corrected chi connectivity index (χ0v) is 11.9. The summed E-state index contributed by atoms with van der Waals surface area (Å²) >= 11 is 0. The molecule has 4 nitrogen and oxygen atoms in total. The second-order valence-corrected chi connectivity index (χ2v) is 4.33. The first-order chi connectivity index (χ1) is 9.06. The lowest BCUT2D eigenvalue weighted by atomic mass is 10.1. The maximum Gasteiger partial charge on any atom is 0.160 e. The summed E-state index contributed by atoms with van der Waals surface area (Å²) in [4.78, 5) is 11.0. The molecule has 0 aliphatic heterocycles. The summed E-state index contributed by atoms with van der Waals surface area (Å²) in [7, 11) is 3.23. The van der Waals surface area contributed by atoms with Crippen molar-refractivity contribution in [3.63, 3.8) is 0 Å². The van der Waals surface area contributed by atoms with Gasteiger partial charge in [0, 0.05) is 32.0 Å². The van der Waals surface area contributed by atoms with Crippen LogP contribution >= 0.6 is 0 Å². The van der Waals surface area contributed by atoms with Crippen LogP contribution in [0.3, 0.4) is 0 Å². The summed E-state index contributed by atoms with van der Waals surface area (Å²) in [5.41, 5.74) is 2.84. The average molecular weight is 263 g/mol. The molecule has 4 heteroatoms.